The van der Waals surface area contributed by atoms with Crippen molar-refractivity contribution >= 4 is 27.5 Å². The highest BCUT2D eigenvalue weighted by Gasteiger charge is 2.19. The lowest BCUT2D eigenvalue weighted by Gasteiger charge is -2.21. The zero-order valence-corrected chi connectivity index (χ0v) is 13.8. The summed E-state index contributed by atoms with van der Waals surface area (Å²) >= 11 is 9.27. The molecule has 0 radical (unpaired) electrons. The zero-order chi connectivity index (χ0) is 15.4. The molecule has 1 atom stereocenters. The third kappa shape index (κ3) is 3.82. The molecular formula is C16H15BrClF2N. The van der Waals surface area contributed by atoms with Gasteiger partial charge in [0.2, 0.25) is 0 Å². The Morgan fingerprint density at radius 2 is 1.95 bits per heavy atom. The van der Waals surface area contributed by atoms with Crippen molar-refractivity contribution in [2.45, 2.75) is 19.4 Å². The van der Waals surface area contributed by atoms with Crippen LogP contribution in [0.3, 0.4) is 0 Å². The van der Waals surface area contributed by atoms with Gasteiger partial charge in [-0.3, -0.25) is 0 Å². The fourth-order valence-electron chi connectivity index (χ4n) is 2.13. The molecular weight excluding hydrogens is 360 g/mol. The van der Waals surface area contributed by atoms with Crippen LogP contribution in [0.15, 0.2) is 40.9 Å². The fourth-order valence-corrected chi connectivity index (χ4v) is 2.76. The number of halogens is 4. The fraction of sp³-hybridized carbons (Fsp3) is 0.250. The molecule has 0 aliphatic heterocycles. The Bertz CT molecular complexity index is 634. The van der Waals surface area contributed by atoms with Crippen LogP contribution in [0.2, 0.25) is 5.02 Å². The standard InChI is InChI=1S/C16H15BrClF2N/c1-2-8-21-16(10-6-7-13(19)12(17)9-10)11-4-3-5-14(20)15(11)18/h3-7,9,16,21H,2,8H2,1H3. The molecule has 0 saturated carbocycles. The molecule has 0 amide bonds. The lowest BCUT2D eigenvalue weighted by molar-refractivity contribution is 0.581. The lowest BCUT2D eigenvalue weighted by Crippen LogP contribution is -2.23. The Balaban J connectivity index is 2.47. The molecule has 21 heavy (non-hydrogen) atoms. The van der Waals surface area contributed by atoms with E-state index in [1.54, 1.807) is 24.3 Å². The van der Waals surface area contributed by atoms with E-state index in [0.717, 1.165) is 18.5 Å². The maximum absolute atomic E-state index is 13.7. The van der Waals surface area contributed by atoms with E-state index in [1.165, 1.54) is 12.1 Å². The average Bonchev–Trinajstić information content (AvgIpc) is 2.47. The van der Waals surface area contributed by atoms with Crippen LogP contribution < -0.4 is 5.32 Å². The van der Waals surface area contributed by atoms with Gasteiger partial charge in [-0.1, -0.05) is 36.7 Å². The molecule has 0 fully saturated rings. The summed E-state index contributed by atoms with van der Waals surface area (Å²) in [4.78, 5) is 0. The molecule has 0 heterocycles. The van der Waals surface area contributed by atoms with E-state index in [4.69, 9.17) is 11.6 Å². The van der Waals surface area contributed by atoms with Crippen molar-refractivity contribution in [2.75, 3.05) is 6.54 Å². The van der Waals surface area contributed by atoms with Gasteiger partial charge in [0.15, 0.2) is 0 Å². The van der Waals surface area contributed by atoms with E-state index in [9.17, 15) is 8.78 Å². The Kier molecular flexibility index (Phi) is 5.73. The minimum Gasteiger partial charge on any atom is -0.306 e. The quantitative estimate of drug-likeness (QED) is 0.732. The summed E-state index contributed by atoms with van der Waals surface area (Å²) in [7, 11) is 0. The lowest BCUT2D eigenvalue weighted by atomic mass is 9.98. The minimum absolute atomic E-state index is 0.0894. The van der Waals surface area contributed by atoms with Crippen LogP contribution in [0.5, 0.6) is 0 Å². The summed E-state index contributed by atoms with van der Waals surface area (Å²) in [6.45, 7) is 2.78. The molecule has 1 nitrogen and oxygen atoms in total. The van der Waals surface area contributed by atoms with Gasteiger partial charge in [0, 0.05) is 0 Å². The van der Waals surface area contributed by atoms with Gasteiger partial charge in [-0.25, -0.2) is 8.78 Å². The first-order valence-corrected chi connectivity index (χ1v) is 7.84. The van der Waals surface area contributed by atoms with Gasteiger partial charge in [0.1, 0.15) is 11.6 Å². The van der Waals surface area contributed by atoms with E-state index >= 15 is 0 Å². The molecule has 1 N–H and O–H groups in total. The largest absolute Gasteiger partial charge is 0.306 e. The highest BCUT2D eigenvalue weighted by molar-refractivity contribution is 9.10. The van der Waals surface area contributed by atoms with Crippen LogP contribution in [0.4, 0.5) is 8.78 Å². The summed E-state index contributed by atoms with van der Waals surface area (Å²) in [5, 5.41) is 3.41. The number of hydrogen-bond acceptors (Lipinski definition) is 1. The van der Waals surface area contributed by atoms with Crippen molar-refractivity contribution < 1.29 is 8.78 Å². The van der Waals surface area contributed by atoms with Gasteiger partial charge in [-0.05, 0) is 58.2 Å². The summed E-state index contributed by atoms with van der Waals surface area (Å²) in [6, 6.07) is 9.17. The number of rotatable bonds is 5. The first kappa shape index (κ1) is 16.4. The van der Waals surface area contributed by atoms with Gasteiger partial charge in [0.25, 0.3) is 0 Å². The predicted octanol–water partition coefficient (Wildman–Crippen LogP) is 5.47. The molecule has 2 rings (SSSR count). The smallest absolute Gasteiger partial charge is 0.142 e. The second-order valence-electron chi connectivity index (χ2n) is 4.70. The molecule has 2 aromatic carbocycles. The summed E-state index contributed by atoms with van der Waals surface area (Å²) in [5.74, 6) is -0.794. The Morgan fingerprint density at radius 3 is 2.62 bits per heavy atom. The van der Waals surface area contributed by atoms with Crippen molar-refractivity contribution in [3.05, 3.63) is 68.7 Å². The summed E-state index contributed by atoms with van der Waals surface area (Å²) in [5.41, 5.74) is 1.47. The average molecular weight is 375 g/mol. The van der Waals surface area contributed by atoms with Gasteiger partial charge >= 0.3 is 0 Å². The van der Waals surface area contributed by atoms with Gasteiger partial charge < -0.3 is 5.32 Å². The van der Waals surface area contributed by atoms with Gasteiger partial charge in [-0.2, -0.15) is 0 Å². The van der Waals surface area contributed by atoms with Crippen molar-refractivity contribution in [3.63, 3.8) is 0 Å². The first-order chi connectivity index (χ1) is 10.0. The van der Waals surface area contributed by atoms with Crippen LogP contribution in [0.25, 0.3) is 0 Å². The molecule has 112 valence electrons. The van der Waals surface area contributed by atoms with Crippen LogP contribution in [0, 0.1) is 11.6 Å². The Labute approximate surface area is 136 Å². The third-order valence-electron chi connectivity index (χ3n) is 3.17. The van der Waals surface area contributed by atoms with Crippen LogP contribution in [-0.2, 0) is 0 Å². The van der Waals surface area contributed by atoms with Crippen molar-refractivity contribution in [3.8, 4) is 0 Å². The highest BCUT2D eigenvalue weighted by atomic mass is 79.9. The molecule has 0 aliphatic rings. The molecule has 5 heteroatoms. The maximum Gasteiger partial charge on any atom is 0.142 e. The monoisotopic (exact) mass is 373 g/mol. The van der Waals surface area contributed by atoms with Crippen molar-refractivity contribution in [2.24, 2.45) is 0 Å². The van der Waals surface area contributed by atoms with E-state index in [-0.39, 0.29) is 16.9 Å². The van der Waals surface area contributed by atoms with E-state index in [1.807, 2.05) is 6.92 Å². The third-order valence-corrected chi connectivity index (χ3v) is 4.17. The SMILES string of the molecule is CCCNC(c1ccc(F)c(Br)c1)c1cccc(F)c1Cl. The normalized spacial score (nSPS) is 12.4. The van der Waals surface area contributed by atoms with Gasteiger partial charge in [0.05, 0.1) is 15.5 Å². The molecule has 0 saturated heterocycles. The minimum atomic E-state index is -0.460. The Hall–Kier alpha value is -0.970. The second-order valence-corrected chi connectivity index (χ2v) is 5.94. The van der Waals surface area contributed by atoms with Crippen LogP contribution >= 0.6 is 27.5 Å². The molecule has 0 spiro atoms. The number of hydrogen-bond donors (Lipinski definition) is 1. The molecule has 1 unspecified atom stereocenters. The Morgan fingerprint density at radius 1 is 1.19 bits per heavy atom. The highest BCUT2D eigenvalue weighted by Crippen LogP contribution is 2.31. The predicted molar refractivity (Wildman–Crippen MR) is 85.6 cm³/mol. The first-order valence-electron chi connectivity index (χ1n) is 6.66. The number of benzene rings is 2. The molecule has 0 bridgehead atoms. The second kappa shape index (κ2) is 7.34. The maximum atomic E-state index is 13.7. The summed E-state index contributed by atoms with van der Waals surface area (Å²) < 4.78 is 27.5. The van der Waals surface area contributed by atoms with E-state index < -0.39 is 5.82 Å². The zero-order valence-electron chi connectivity index (χ0n) is 11.5. The molecule has 0 aromatic heterocycles. The number of nitrogens with one attached hydrogen (secondary N) is 1. The molecule has 0 aliphatic carbocycles. The van der Waals surface area contributed by atoms with Crippen LogP contribution in [0.1, 0.15) is 30.5 Å². The summed E-state index contributed by atoms with van der Waals surface area (Å²) in [6.07, 6.45) is 0.922. The van der Waals surface area contributed by atoms with Crippen molar-refractivity contribution in [1.29, 1.82) is 0 Å². The van der Waals surface area contributed by atoms with Gasteiger partial charge in [-0.15, -0.1) is 0 Å². The topological polar surface area (TPSA) is 12.0 Å². The molecule has 2 aromatic rings. The van der Waals surface area contributed by atoms with E-state index in [0.29, 0.717) is 10.0 Å². The van der Waals surface area contributed by atoms with Crippen molar-refractivity contribution in [1.82, 2.24) is 5.32 Å². The van der Waals surface area contributed by atoms with E-state index in [2.05, 4.69) is 21.2 Å². The van der Waals surface area contributed by atoms with Crippen LogP contribution in [-0.4, -0.2) is 6.54 Å².